The Balaban J connectivity index is 1.70. The van der Waals surface area contributed by atoms with Gasteiger partial charge < -0.3 is 20.1 Å². The highest BCUT2D eigenvalue weighted by molar-refractivity contribution is 6.01. The maximum atomic E-state index is 12.9. The van der Waals surface area contributed by atoms with Crippen molar-refractivity contribution in [2.75, 3.05) is 6.61 Å². The Morgan fingerprint density at radius 2 is 1.97 bits per heavy atom. The lowest BCUT2D eigenvalue weighted by atomic mass is 9.46. The number of carbonyl (C=O) groups is 3. The number of rotatable bonds is 3. The highest BCUT2D eigenvalue weighted by atomic mass is 16.5. The summed E-state index contributed by atoms with van der Waals surface area (Å²) in [6, 6.07) is 0. The maximum Gasteiger partial charge on any atom is 0.303 e. The normalized spacial score (nSPS) is 47.1. The second-order valence-electron chi connectivity index (χ2n) is 9.93. The van der Waals surface area contributed by atoms with Crippen LogP contribution in [0.1, 0.15) is 46.5 Å². The Morgan fingerprint density at radius 3 is 2.63 bits per heavy atom. The van der Waals surface area contributed by atoms with Gasteiger partial charge in [0.25, 0.3) is 0 Å². The van der Waals surface area contributed by atoms with E-state index in [9.17, 15) is 29.7 Å². The average molecular weight is 418 g/mol. The van der Waals surface area contributed by atoms with Gasteiger partial charge in [0.1, 0.15) is 0 Å². The molecule has 7 nitrogen and oxygen atoms in total. The third kappa shape index (κ3) is 2.71. The zero-order chi connectivity index (χ0) is 22.1. The highest BCUT2D eigenvalue weighted by Crippen LogP contribution is 2.67. The molecule has 3 N–H and O–H groups in total. The molecule has 164 valence electrons. The van der Waals surface area contributed by atoms with Crippen molar-refractivity contribution in [3.8, 4) is 0 Å². The number of ketones is 2. The molecule has 0 spiro atoms. The van der Waals surface area contributed by atoms with E-state index in [0.29, 0.717) is 12.8 Å². The predicted molar refractivity (Wildman–Crippen MR) is 106 cm³/mol. The van der Waals surface area contributed by atoms with Crippen LogP contribution in [0.5, 0.6) is 0 Å². The van der Waals surface area contributed by atoms with Gasteiger partial charge >= 0.3 is 5.97 Å². The molecule has 0 aromatic heterocycles. The van der Waals surface area contributed by atoms with Crippen molar-refractivity contribution >= 4 is 17.5 Å². The van der Waals surface area contributed by atoms with Gasteiger partial charge in [0.15, 0.2) is 18.0 Å². The summed E-state index contributed by atoms with van der Waals surface area (Å²) < 4.78 is 4.81. The quantitative estimate of drug-likeness (QED) is 0.587. The van der Waals surface area contributed by atoms with Crippen molar-refractivity contribution in [1.29, 1.82) is 0 Å². The Bertz CT molecular complexity index is 860. The van der Waals surface area contributed by atoms with Crippen LogP contribution in [-0.2, 0) is 19.1 Å². The molecular weight excluding hydrogens is 388 g/mol. The molecule has 0 aliphatic heterocycles. The Labute approximate surface area is 175 Å². The second kappa shape index (κ2) is 6.84. The number of hydrogen-bond acceptors (Lipinski definition) is 7. The van der Waals surface area contributed by atoms with Crippen LogP contribution in [-0.4, -0.2) is 57.3 Å². The maximum absolute atomic E-state index is 12.9. The molecule has 0 heterocycles. The summed E-state index contributed by atoms with van der Waals surface area (Å²) in [6.45, 7) is 4.36. The molecule has 0 radical (unpaired) electrons. The van der Waals surface area contributed by atoms with Crippen molar-refractivity contribution in [3.63, 3.8) is 0 Å². The first kappa shape index (κ1) is 21.4. The largest absolute Gasteiger partial charge is 0.458 e. The van der Waals surface area contributed by atoms with E-state index in [4.69, 9.17) is 4.74 Å². The zero-order valence-electron chi connectivity index (χ0n) is 17.6. The fraction of sp³-hybridized carbons (Fsp3) is 0.696. The number of carbonyl (C=O) groups excluding carboxylic acids is 3. The molecule has 3 saturated carbocycles. The standard InChI is InChI=1S/C23H30O7/c1-12(24)30-11-19(28)23(29)18(27)9-16-15-5-4-13-8-14(25)6-7-21(13,2)20(15)17(26)10-22(16,23)3/h6-8,15-18,20,26-27,29H,4-5,9-11H2,1-3H3/t15?,16?,17-,18+,20?,21-,22-,23-/m0/s1. The summed E-state index contributed by atoms with van der Waals surface area (Å²) in [7, 11) is 0. The lowest BCUT2D eigenvalue weighted by Crippen LogP contribution is -2.63. The molecule has 4 aliphatic carbocycles. The lowest BCUT2D eigenvalue weighted by molar-refractivity contribution is -0.192. The number of ether oxygens (including phenoxy) is 1. The van der Waals surface area contributed by atoms with E-state index in [1.807, 2.05) is 13.0 Å². The fourth-order valence-electron chi connectivity index (χ4n) is 7.12. The third-order valence-corrected chi connectivity index (χ3v) is 8.55. The van der Waals surface area contributed by atoms with Crippen LogP contribution >= 0.6 is 0 Å². The van der Waals surface area contributed by atoms with E-state index in [-0.39, 0.29) is 36.4 Å². The topological polar surface area (TPSA) is 121 Å². The van der Waals surface area contributed by atoms with Crippen LogP contribution in [0.2, 0.25) is 0 Å². The van der Waals surface area contributed by atoms with Crippen molar-refractivity contribution in [3.05, 3.63) is 23.8 Å². The average Bonchev–Trinajstić information content (AvgIpc) is 2.87. The summed E-state index contributed by atoms with van der Waals surface area (Å²) in [6.07, 6.45) is 4.78. The summed E-state index contributed by atoms with van der Waals surface area (Å²) in [5.41, 5.74) is -2.59. The number of aliphatic hydroxyl groups is 3. The molecule has 0 aromatic carbocycles. The second-order valence-corrected chi connectivity index (χ2v) is 9.93. The van der Waals surface area contributed by atoms with Crippen LogP contribution in [0.4, 0.5) is 0 Å². The van der Waals surface area contributed by atoms with E-state index in [0.717, 1.165) is 5.57 Å². The summed E-state index contributed by atoms with van der Waals surface area (Å²) in [4.78, 5) is 35.9. The van der Waals surface area contributed by atoms with Crippen molar-refractivity contribution < 1.29 is 34.4 Å². The van der Waals surface area contributed by atoms with Gasteiger partial charge in [-0.3, -0.25) is 14.4 Å². The SMILES string of the molecule is CC(=O)OCC(=O)[C@@]1(O)[C@H](O)CC2C3CCC4=CC(=O)C=C[C@]4(C)C3[C@@H](O)C[C@@]21C. The van der Waals surface area contributed by atoms with Gasteiger partial charge in [-0.15, -0.1) is 0 Å². The number of aliphatic hydroxyl groups excluding tert-OH is 2. The highest BCUT2D eigenvalue weighted by Gasteiger charge is 2.71. The molecule has 0 amide bonds. The predicted octanol–water partition coefficient (Wildman–Crippen LogP) is 1.10. The molecule has 4 rings (SSSR count). The summed E-state index contributed by atoms with van der Waals surface area (Å²) >= 11 is 0. The van der Waals surface area contributed by atoms with E-state index < -0.39 is 47.0 Å². The molecule has 0 saturated heterocycles. The molecule has 3 fully saturated rings. The summed E-state index contributed by atoms with van der Waals surface area (Å²) in [5, 5.41) is 33.6. The van der Waals surface area contributed by atoms with Crippen LogP contribution in [0.25, 0.3) is 0 Å². The van der Waals surface area contributed by atoms with Gasteiger partial charge in [-0.25, -0.2) is 0 Å². The molecule has 3 unspecified atom stereocenters. The van der Waals surface area contributed by atoms with Gasteiger partial charge in [0, 0.05) is 23.7 Å². The van der Waals surface area contributed by atoms with Gasteiger partial charge in [0.05, 0.1) is 12.2 Å². The van der Waals surface area contributed by atoms with Crippen LogP contribution < -0.4 is 0 Å². The van der Waals surface area contributed by atoms with Gasteiger partial charge in [-0.1, -0.05) is 25.5 Å². The molecule has 30 heavy (non-hydrogen) atoms. The van der Waals surface area contributed by atoms with E-state index in [2.05, 4.69) is 0 Å². The summed E-state index contributed by atoms with van der Waals surface area (Å²) in [5.74, 6) is -1.79. The number of Topliss-reactive ketones (excluding diaryl/α,β-unsaturated/α-hetero) is 1. The minimum Gasteiger partial charge on any atom is -0.458 e. The Hall–Kier alpha value is -1.83. The van der Waals surface area contributed by atoms with Crippen LogP contribution in [0.15, 0.2) is 23.8 Å². The van der Waals surface area contributed by atoms with E-state index in [1.165, 1.54) is 6.92 Å². The van der Waals surface area contributed by atoms with Crippen molar-refractivity contribution in [1.82, 2.24) is 0 Å². The Kier molecular flexibility index (Phi) is 4.88. The lowest BCUT2D eigenvalue weighted by Gasteiger charge is -2.59. The first-order valence-electron chi connectivity index (χ1n) is 10.6. The third-order valence-electron chi connectivity index (χ3n) is 8.55. The van der Waals surface area contributed by atoms with Crippen molar-refractivity contribution in [2.24, 2.45) is 28.6 Å². The first-order valence-corrected chi connectivity index (χ1v) is 10.6. The number of hydrogen-bond donors (Lipinski definition) is 3. The van der Waals surface area contributed by atoms with Gasteiger partial charge in [-0.2, -0.15) is 0 Å². The van der Waals surface area contributed by atoms with E-state index in [1.54, 1.807) is 19.1 Å². The fourth-order valence-corrected chi connectivity index (χ4v) is 7.12. The molecule has 0 bridgehead atoms. The van der Waals surface area contributed by atoms with Crippen LogP contribution in [0.3, 0.4) is 0 Å². The monoisotopic (exact) mass is 418 g/mol. The van der Waals surface area contributed by atoms with E-state index >= 15 is 0 Å². The number of fused-ring (bicyclic) bond motifs is 5. The number of esters is 1. The first-order chi connectivity index (χ1) is 13.9. The van der Waals surface area contributed by atoms with Crippen LogP contribution in [0, 0.1) is 28.6 Å². The minimum atomic E-state index is -2.09. The number of allylic oxidation sites excluding steroid dienone is 4. The van der Waals surface area contributed by atoms with Crippen molar-refractivity contribution in [2.45, 2.75) is 64.3 Å². The molecule has 8 atom stereocenters. The zero-order valence-corrected chi connectivity index (χ0v) is 17.6. The van der Waals surface area contributed by atoms with Gasteiger partial charge in [0.2, 0.25) is 5.78 Å². The Morgan fingerprint density at radius 1 is 1.27 bits per heavy atom. The minimum absolute atomic E-state index is 0.0241. The smallest absolute Gasteiger partial charge is 0.303 e. The van der Waals surface area contributed by atoms with Gasteiger partial charge in [-0.05, 0) is 49.7 Å². The molecule has 7 heteroatoms. The molecule has 4 aliphatic rings. The molecular formula is C23H30O7. The molecule has 0 aromatic rings.